The van der Waals surface area contributed by atoms with Crippen LogP contribution in [0.15, 0.2) is 51.8 Å². The number of benzene rings is 2. The predicted molar refractivity (Wildman–Crippen MR) is 108 cm³/mol. The van der Waals surface area contributed by atoms with E-state index >= 15 is 0 Å². The Morgan fingerprint density at radius 1 is 1.03 bits per heavy atom. The van der Waals surface area contributed by atoms with Crippen LogP contribution in [0.1, 0.15) is 41.3 Å². The Kier molecular flexibility index (Phi) is 5.19. The first-order valence-electron chi connectivity index (χ1n) is 9.56. The van der Waals surface area contributed by atoms with Gasteiger partial charge in [0.15, 0.2) is 9.84 Å². The predicted octanol–water partition coefficient (Wildman–Crippen LogP) is 3.66. The molecule has 0 unspecified atom stereocenters. The molecule has 1 aliphatic rings. The molecule has 4 rings (SSSR count). The van der Waals surface area contributed by atoms with Crippen molar-refractivity contribution < 1.29 is 17.6 Å². The van der Waals surface area contributed by atoms with Crippen LogP contribution in [-0.2, 0) is 22.7 Å². The van der Waals surface area contributed by atoms with Crippen molar-refractivity contribution in [2.75, 3.05) is 11.1 Å². The number of amides is 1. The van der Waals surface area contributed by atoms with E-state index in [0.717, 1.165) is 19.3 Å². The molecule has 1 aromatic heterocycles. The molecule has 1 heterocycles. The van der Waals surface area contributed by atoms with Gasteiger partial charge in [0.25, 0.3) is 5.91 Å². The van der Waals surface area contributed by atoms with E-state index in [9.17, 15) is 13.2 Å². The number of sulfone groups is 1. The van der Waals surface area contributed by atoms with Gasteiger partial charge in [-0.15, -0.1) is 5.10 Å². The van der Waals surface area contributed by atoms with Gasteiger partial charge in [-0.1, -0.05) is 18.1 Å². The summed E-state index contributed by atoms with van der Waals surface area (Å²) in [6.07, 6.45) is 4.38. The van der Waals surface area contributed by atoms with E-state index in [-0.39, 0.29) is 28.5 Å². The Labute approximate surface area is 169 Å². The molecule has 2 aromatic carbocycles. The van der Waals surface area contributed by atoms with Crippen LogP contribution in [0.4, 0.5) is 6.01 Å². The molecule has 8 heteroatoms. The highest BCUT2D eigenvalue weighted by Gasteiger charge is 2.17. The van der Waals surface area contributed by atoms with Crippen molar-refractivity contribution in [2.24, 2.45) is 0 Å². The highest BCUT2D eigenvalue weighted by molar-refractivity contribution is 7.91. The van der Waals surface area contributed by atoms with E-state index in [1.165, 1.54) is 29.7 Å². The lowest BCUT2D eigenvalue weighted by atomic mass is 9.90. The molecule has 150 valence electrons. The number of aryl methyl sites for hydroxylation is 2. The molecule has 0 fully saturated rings. The second-order valence-corrected chi connectivity index (χ2v) is 9.26. The van der Waals surface area contributed by atoms with Gasteiger partial charge in [-0.3, -0.25) is 10.1 Å². The molecule has 0 saturated carbocycles. The maximum atomic E-state index is 12.5. The zero-order valence-corrected chi connectivity index (χ0v) is 16.8. The molecule has 0 spiro atoms. The highest BCUT2D eigenvalue weighted by atomic mass is 32.2. The maximum absolute atomic E-state index is 12.5. The molecule has 3 aromatic rings. The Morgan fingerprint density at radius 3 is 2.48 bits per heavy atom. The molecule has 7 nitrogen and oxygen atoms in total. The number of hydrogen-bond acceptors (Lipinski definition) is 6. The summed E-state index contributed by atoms with van der Waals surface area (Å²) in [6, 6.07) is 11.9. The lowest BCUT2D eigenvalue weighted by Crippen LogP contribution is -2.13. The van der Waals surface area contributed by atoms with Crippen molar-refractivity contribution in [3.05, 3.63) is 59.2 Å². The third-order valence-electron chi connectivity index (χ3n) is 5.10. The Bertz CT molecular complexity index is 1150. The van der Waals surface area contributed by atoms with Gasteiger partial charge in [-0.05, 0) is 73.2 Å². The number of nitrogens with zero attached hydrogens (tertiary/aromatic N) is 2. The van der Waals surface area contributed by atoms with Crippen LogP contribution in [0.3, 0.4) is 0 Å². The summed E-state index contributed by atoms with van der Waals surface area (Å²) >= 11 is 0. The van der Waals surface area contributed by atoms with Gasteiger partial charge >= 0.3 is 6.01 Å². The van der Waals surface area contributed by atoms with Gasteiger partial charge in [0.2, 0.25) is 5.89 Å². The van der Waals surface area contributed by atoms with Crippen molar-refractivity contribution in [3.63, 3.8) is 0 Å². The minimum absolute atomic E-state index is 0.00650. The fourth-order valence-corrected chi connectivity index (χ4v) is 4.29. The number of carbonyl (C=O) groups excluding carboxylic acids is 1. The summed E-state index contributed by atoms with van der Waals surface area (Å²) in [5.41, 5.74) is 3.65. The Morgan fingerprint density at radius 2 is 1.76 bits per heavy atom. The lowest BCUT2D eigenvalue weighted by Gasteiger charge is -2.16. The van der Waals surface area contributed by atoms with Crippen molar-refractivity contribution >= 4 is 21.8 Å². The molecule has 0 radical (unpaired) electrons. The van der Waals surface area contributed by atoms with Crippen LogP contribution in [0, 0.1) is 0 Å². The number of rotatable bonds is 5. The number of hydrogen-bond donors (Lipinski definition) is 1. The summed E-state index contributed by atoms with van der Waals surface area (Å²) < 4.78 is 29.3. The molecular weight excluding hydrogens is 390 g/mol. The van der Waals surface area contributed by atoms with E-state index in [4.69, 9.17) is 4.42 Å². The minimum Gasteiger partial charge on any atom is -0.403 e. The quantitative estimate of drug-likeness (QED) is 0.687. The van der Waals surface area contributed by atoms with Crippen LogP contribution >= 0.6 is 0 Å². The molecule has 0 bridgehead atoms. The van der Waals surface area contributed by atoms with Gasteiger partial charge in [-0.25, -0.2) is 8.42 Å². The normalized spacial score (nSPS) is 13.7. The third-order valence-corrected chi connectivity index (χ3v) is 6.85. The average molecular weight is 411 g/mol. The molecule has 1 amide bonds. The summed E-state index contributed by atoms with van der Waals surface area (Å²) in [5, 5.41) is 10.4. The summed E-state index contributed by atoms with van der Waals surface area (Å²) in [6.45, 7) is 1.60. The van der Waals surface area contributed by atoms with Crippen LogP contribution in [0.25, 0.3) is 11.5 Å². The first kappa shape index (κ1) is 19.3. The largest absolute Gasteiger partial charge is 0.403 e. The summed E-state index contributed by atoms with van der Waals surface area (Å²) in [5.74, 6) is -0.0738. The van der Waals surface area contributed by atoms with E-state index < -0.39 is 9.84 Å². The Balaban J connectivity index is 1.49. The minimum atomic E-state index is -3.27. The van der Waals surface area contributed by atoms with E-state index in [1.807, 2.05) is 18.2 Å². The second-order valence-electron chi connectivity index (χ2n) is 6.98. The summed E-state index contributed by atoms with van der Waals surface area (Å²) in [4.78, 5) is 12.8. The first-order valence-corrected chi connectivity index (χ1v) is 11.2. The topological polar surface area (TPSA) is 102 Å². The van der Waals surface area contributed by atoms with Crippen molar-refractivity contribution in [1.29, 1.82) is 0 Å². The fourth-order valence-electron chi connectivity index (χ4n) is 3.41. The van der Waals surface area contributed by atoms with Gasteiger partial charge < -0.3 is 4.42 Å². The van der Waals surface area contributed by atoms with E-state index in [0.29, 0.717) is 11.1 Å². The van der Waals surface area contributed by atoms with Crippen LogP contribution in [0.2, 0.25) is 0 Å². The van der Waals surface area contributed by atoms with Crippen molar-refractivity contribution in [1.82, 2.24) is 10.2 Å². The van der Waals surface area contributed by atoms with Crippen LogP contribution < -0.4 is 5.32 Å². The van der Waals surface area contributed by atoms with E-state index in [1.54, 1.807) is 19.1 Å². The zero-order valence-electron chi connectivity index (χ0n) is 16.0. The van der Waals surface area contributed by atoms with Gasteiger partial charge in [0.1, 0.15) is 0 Å². The maximum Gasteiger partial charge on any atom is 0.322 e. The molecule has 1 N–H and O–H groups in total. The molecule has 0 saturated heterocycles. The molecule has 0 aliphatic heterocycles. The number of nitrogens with one attached hydrogen (secondary N) is 1. The number of aromatic nitrogens is 2. The molecule has 0 atom stereocenters. The first-order chi connectivity index (χ1) is 14.0. The van der Waals surface area contributed by atoms with E-state index in [2.05, 4.69) is 15.5 Å². The van der Waals surface area contributed by atoms with Gasteiger partial charge in [0.05, 0.1) is 10.6 Å². The molecular formula is C21H21N3O4S. The lowest BCUT2D eigenvalue weighted by molar-refractivity contribution is 0.102. The van der Waals surface area contributed by atoms with Crippen LogP contribution in [0.5, 0.6) is 0 Å². The van der Waals surface area contributed by atoms with Crippen molar-refractivity contribution in [3.8, 4) is 11.5 Å². The van der Waals surface area contributed by atoms with Gasteiger partial charge in [0, 0.05) is 11.1 Å². The molecule has 1 aliphatic carbocycles. The average Bonchev–Trinajstić information content (AvgIpc) is 3.22. The number of anilines is 1. The Hall–Kier alpha value is -3.00. The van der Waals surface area contributed by atoms with Gasteiger partial charge in [-0.2, -0.15) is 0 Å². The summed E-state index contributed by atoms with van der Waals surface area (Å²) in [7, 11) is -3.27. The molecule has 29 heavy (non-hydrogen) atoms. The standard InChI is InChI=1S/C21H21N3O4S/c1-2-29(26,27)18-11-9-15(10-12-18)20-23-24-21(28-20)22-19(25)17-8-7-14-5-3-4-6-16(14)13-17/h7-13H,2-6H2,1H3,(H,22,24,25). The second kappa shape index (κ2) is 7.79. The number of fused-ring (bicyclic) bond motifs is 1. The monoisotopic (exact) mass is 411 g/mol. The highest BCUT2D eigenvalue weighted by Crippen LogP contribution is 2.24. The third kappa shape index (κ3) is 4.07. The smallest absolute Gasteiger partial charge is 0.322 e. The fraction of sp³-hybridized carbons (Fsp3) is 0.286. The van der Waals surface area contributed by atoms with Crippen molar-refractivity contribution in [2.45, 2.75) is 37.5 Å². The number of carbonyl (C=O) groups is 1. The van der Waals surface area contributed by atoms with Crippen LogP contribution in [-0.4, -0.2) is 30.3 Å². The zero-order chi connectivity index (χ0) is 20.4. The SMILES string of the molecule is CCS(=O)(=O)c1ccc(-c2nnc(NC(=O)c3ccc4c(c3)CCCC4)o2)cc1.